The van der Waals surface area contributed by atoms with Gasteiger partial charge in [0.2, 0.25) is 0 Å². The molecule has 0 fully saturated rings. The Morgan fingerprint density at radius 3 is 2.88 bits per heavy atom. The standard InChI is InChI=1S/C12H8ClNO2/c1-2-5-14-10-4-3-9(13)6-8(10)7-11(14)12(15)16/h1,3-4,6-7H,5H2,(H,15,16). The second kappa shape index (κ2) is 3.92. The van der Waals surface area contributed by atoms with Crippen molar-refractivity contribution in [1.82, 2.24) is 4.57 Å². The quantitative estimate of drug-likeness (QED) is 0.811. The molecule has 0 spiro atoms. The first-order chi connectivity index (χ1) is 7.63. The van der Waals surface area contributed by atoms with E-state index in [1.165, 1.54) is 0 Å². The molecule has 1 N–H and O–H groups in total. The van der Waals surface area contributed by atoms with Crippen LogP contribution in [0.1, 0.15) is 10.5 Å². The Morgan fingerprint density at radius 2 is 2.25 bits per heavy atom. The number of halogens is 1. The van der Waals surface area contributed by atoms with Crippen LogP contribution >= 0.6 is 11.6 Å². The number of terminal acetylenes is 1. The molecule has 4 heteroatoms. The first kappa shape index (κ1) is 10.6. The van der Waals surface area contributed by atoms with Crippen LogP contribution < -0.4 is 0 Å². The number of nitrogens with zero attached hydrogens (tertiary/aromatic N) is 1. The van der Waals surface area contributed by atoms with Gasteiger partial charge in [0.15, 0.2) is 0 Å². The predicted molar refractivity (Wildman–Crippen MR) is 62.7 cm³/mol. The maximum Gasteiger partial charge on any atom is 0.352 e. The summed E-state index contributed by atoms with van der Waals surface area (Å²) in [5, 5.41) is 10.4. The lowest BCUT2D eigenvalue weighted by molar-refractivity contribution is 0.0686. The van der Waals surface area contributed by atoms with Gasteiger partial charge in [-0.3, -0.25) is 0 Å². The SMILES string of the molecule is C#CCn1c(C(=O)O)cc2cc(Cl)ccc21. The molecule has 0 saturated carbocycles. The number of aromatic nitrogens is 1. The zero-order chi connectivity index (χ0) is 11.7. The number of carboxylic acid groups (broad SMARTS) is 1. The van der Waals surface area contributed by atoms with Crippen LogP contribution in [0.5, 0.6) is 0 Å². The van der Waals surface area contributed by atoms with Gasteiger partial charge in [-0.2, -0.15) is 0 Å². The molecule has 0 saturated heterocycles. The van der Waals surface area contributed by atoms with Crippen molar-refractivity contribution in [2.24, 2.45) is 0 Å². The van der Waals surface area contributed by atoms with Gasteiger partial charge in [0.05, 0.1) is 6.54 Å². The summed E-state index contributed by atoms with van der Waals surface area (Å²) in [6, 6.07) is 6.77. The molecule has 0 aliphatic heterocycles. The highest BCUT2D eigenvalue weighted by atomic mass is 35.5. The van der Waals surface area contributed by atoms with E-state index in [2.05, 4.69) is 5.92 Å². The lowest BCUT2D eigenvalue weighted by Gasteiger charge is -2.03. The van der Waals surface area contributed by atoms with Crippen LogP contribution in [-0.2, 0) is 6.54 Å². The van der Waals surface area contributed by atoms with E-state index in [1.54, 1.807) is 28.8 Å². The Kier molecular flexibility index (Phi) is 2.59. The van der Waals surface area contributed by atoms with Crippen LogP contribution in [0.15, 0.2) is 24.3 Å². The Labute approximate surface area is 97.3 Å². The molecule has 2 rings (SSSR count). The molecule has 0 aliphatic carbocycles. The van der Waals surface area contributed by atoms with Crippen molar-refractivity contribution in [2.75, 3.05) is 0 Å². The second-order valence-corrected chi connectivity index (χ2v) is 3.76. The fourth-order valence-electron chi connectivity index (χ4n) is 1.68. The van der Waals surface area contributed by atoms with Crippen LogP contribution in [0.25, 0.3) is 10.9 Å². The van der Waals surface area contributed by atoms with E-state index in [4.69, 9.17) is 23.1 Å². The summed E-state index contributed by atoms with van der Waals surface area (Å²) >= 11 is 5.84. The van der Waals surface area contributed by atoms with E-state index < -0.39 is 5.97 Å². The topological polar surface area (TPSA) is 42.2 Å². The highest BCUT2D eigenvalue weighted by molar-refractivity contribution is 6.31. The van der Waals surface area contributed by atoms with E-state index in [-0.39, 0.29) is 12.2 Å². The van der Waals surface area contributed by atoms with E-state index in [0.29, 0.717) is 5.02 Å². The van der Waals surface area contributed by atoms with Gasteiger partial charge in [-0.05, 0) is 24.3 Å². The van der Waals surface area contributed by atoms with Gasteiger partial charge in [-0.25, -0.2) is 4.79 Å². The monoisotopic (exact) mass is 233 g/mol. The van der Waals surface area contributed by atoms with Crippen LogP contribution in [0.2, 0.25) is 5.02 Å². The summed E-state index contributed by atoms with van der Waals surface area (Å²) < 4.78 is 1.58. The first-order valence-electron chi connectivity index (χ1n) is 4.59. The molecule has 16 heavy (non-hydrogen) atoms. The van der Waals surface area contributed by atoms with Gasteiger partial charge in [0, 0.05) is 15.9 Å². The molecule has 0 unspecified atom stereocenters. The van der Waals surface area contributed by atoms with Crippen molar-refractivity contribution in [1.29, 1.82) is 0 Å². The summed E-state index contributed by atoms with van der Waals surface area (Å²) in [4.78, 5) is 11.0. The van der Waals surface area contributed by atoms with Crippen molar-refractivity contribution >= 4 is 28.5 Å². The van der Waals surface area contributed by atoms with Gasteiger partial charge < -0.3 is 9.67 Å². The number of fused-ring (bicyclic) bond motifs is 1. The molecule has 80 valence electrons. The molecule has 1 heterocycles. The Hall–Kier alpha value is -1.92. The molecule has 3 nitrogen and oxygen atoms in total. The molecule has 0 amide bonds. The second-order valence-electron chi connectivity index (χ2n) is 3.33. The number of aromatic carboxylic acids is 1. The number of carboxylic acids is 1. The van der Waals surface area contributed by atoms with Gasteiger partial charge in [0.1, 0.15) is 5.69 Å². The van der Waals surface area contributed by atoms with E-state index in [0.717, 1.165) is 10.9 Å². The number of rotatable bonds is 2. The number of hydrogen-bond donors (Lipinski definition) is 1. The van der Waals surface area contributed by atoms with Crippen molar-refractivity contribution in [3.8, 4) is 12.3 Å². The molecule has 0 atom stereocenters. The highest BCUT2D eigenvalue weighted by Crippen LogP contribution is 2.23. The summed E-state index contributed by atoms with van der Waals surface area (Å²) in [6.45, 7) is 0.229. The van der Waals surface area contributed by atoms with Gasteiger partial charge in [0.25, 0.3) is 0 Å². The Morgan fingerprint density at radius 1 is 1.50 bits per heavy atom. The van der Waals surface area contributed by atoms with Crippen molar-refractivity contribution in [3.05, 3.63) is 35.0 Å². The van der Waals surface area contributed by atoms with Crippen LogP contribution in [-0.4, -0.2) is 15.6 Å². The lowest BCUT2D eigenvalue weighted by atomic mass is 10.2. The zero-order valence-electron chi connectivity index (χ0n) is 8.27. The van der Waals surface area contributed by atoms with E-state index in [9.17, 15) is 4.79 Å². The van der Waals surface area contributed by atoms with Gasteiger partial charge in [-0.15, -0.1) is 6.42 Å². The number of benzene rings is 1. The van der Waals surface area contributed by atoms with Crippen LogP contribution in [0, 0.1) is 12.3 Å². The van der Waals surface area contributed by atoms with Crippen LogP contribution in [0.4, 0.5) is 0 Å². The normalized spacial score (nSPS) is 10.2. The van der Waals surface area contributed by atoms with E-state index in [1.807, 2.05) is 0 Å². The Bertz CT molecular complexity index is 607. The van der Waals surface area contributed by atoms with Crippen LogP contribution in [0.3, 0.4) is 0 Å². The molecular formula is C12H8ClNO2. The Balaban J connectivity index is 2.76. The predicted octanol–water partition coefficient (Wildman–Crippen LogP) is 2.63. The summed E-state index contributed by atoms with van der Waals surface area (Å²) in [5.74, 6) is 1.44. The fourth-order valence-corrected chi connectivity index (χ4v) is 1.86. The maximum atomic E-state index is 11.0. The first-order valence-corrected chi connectivity index (χ1v) is 4.97. The third-order valence-corrected chi connectivity index (χ3v) is 2.57. The smallest absolute Gasteiger partial charge is 0.352 e. The fraction of sp³-hybridized carbons (Fsp3) is 0.0833. The lowest BCUT2D eigenvalue weighted by Crippen LogP contribution is -2.07. The molecule has 0 aliphatic rings. The molecule has 2 aromatic rings. The average molecular weight is 234 g/mol. The van der Waals surface area contributed by atoms with Crippen molar-refractivity contribution < 1.29 is 9.90 Å². The average Bonchev–Trinajstić information content (AvgIpc) is 2.57. The largest absolute Gasteiger partial charge is 0.477 e. The van der Waals surface area contributed by atoms with Gasteiger partial charge >= 0.3 is 5.97 Å². The van der Waals surface area contributed by atoms with E-state index >= 15 is 0 Å². The minimum Gasteiger partial charge on any atom is -0.477 e. The minimum absolute atomic E-state index is 0.176. The van der Waals surface area contributed by atoms with Crippen molar-refractivity contribution in [2.45, 2.75) is 6.54 Å². The van der Waals surface area contributed by atoms with Gasteiger partial charge in [-0.1, -0.05) is 17.5 Å². The zero-order valence-corrected chi connectivity index (χ0v) is 9.03. The summed E-state index contributed by atoms with van der Waals surface area (Å²) in [7, 11) is 0. The third kappa shape index (κ3) is 1.64. The molecule has 1 aromatic carbocycles. The molecule has 1 aromatic heterocycles. The maximum absolute atomic E-state index is 11.0. The number of hydrogen-bond acceptors (Lipinski definition) is 1. The number of carbonyl (C=O) groups is 1. The molecule has 0 bridgehead atoms. The highest BCUT2D eigenvalue weighted by Gasteiger charge is 2.13. The summed E-state index contributed by atoms with van der Waals surface area (Å²) in [6.07, 6.45) is 5.22. The summed E-state index contributed by atoms with van der Waals surface area (Å²) in [5.41, 5.74) is 0.954. The third-order valence-electron chi connectivity index (χ3n) is 2.33. The van der Waals surface area contributed by atoms with Crippen molar-refractivity contribution in [3.63, 3.8) is 0 Å². The minimum atomic E-state index is -0.998. The molecular weight excluding hydrogens is 226 g/mol. The molecule has 0 radical (unpaired) electrons.